The summed E-state index contributed by atoms with van der Waals surface area (Å²) in [6.07, 6.45) is 6.94. The van der Waals surface area contributed by atoms with Crippen LogP contribution in [0, 0.1) is 23.2 Å². The molecule has 0 saturated heterocycles. The Balaban J connectivity index is 1.92. The van der Waals surface area contributed by atoms with Crippen LogP contribution in [0.2, 0.25) is 0 Å². The number of aliphatic hydroxyl groups excluding tert-OH is 1. The summed E-state index contributed by atoms with van der Waals surface area (Å²) in [5.41, 5.74) is -0.695. The molecule has 3 rings (SSSR count). The second-order valence-corrected chi connectivity index (χ2v) is 9.15. The quantitative estimate of drug-likeness (QED) is 0.251. The van der Waals surface area contributed by atoms with Crippen molar-refractivity contribution in [2.45, 2.75) is 58.3 Å². The number of ether oxygens (including phenoxy) is 1. The van der Waals surface area contributed by atoms with Crippen molar-refractivity contribution in [3.05, 3.63) is 54.1 Å². The van der Waals surface area contributed by atoms with E-state index in [1.165, 1.54) is 6.08 Å². The van der Waals surface area contributed by atoms with Crippen LogP contribution in [0.15, 0.2) is 48.6 Å². The summed E-state index contributed by atoms with van der Waals surface area (Å²) in [4.78, 5) is 17.6. The predicted octanol–water partition coefficient (Wildman–Crippen LogP) is 4.48. The standard InChI is InChI=1S/C24H32O5/c1-16(2)18-12-14-23(3)19(25)13-15-24(4,29-27)22(23)21(18)28-20(26)11-10-17-8-6-5-7-9-17/h5-11,13,15-16,18-19,21-22,25,27H,12,14H2,1-4H3/b11-10+/t18-,19-,21+,22-,23+,24+/m0/s1. The van der Waals surface area contributed by atoms with Crippen LogP contribution in [-0.4, -0.2) is 34.1 Å². The Morgan fingerprint density at radius 3 is 2.55 bits per heavy atom. The molecule has 29 heavy (non-hydrogen) atoms. The van der Waals surface area contributed by atoms with Gasteiger partial charge in [-0.3, -0.25) is 5.26 Å². The average molecular weight is 401 g/mol. The summed E-state index contributed by atoms with van der Waals surface area (Å²) in [5, 5.41) is 20.5. The molecule has 0 amide bonds. The molecule has 1 fully saturated rings. The SMILES string of the molecule is CC(C)[C@@H]1CC[C@]2(C)[C@@H](O)C=C[C@@](C)(OO)[C@H]2[C@@H]1OC(=O)/C=C/c1ccccc1. The van der Waals surface area contributed by atoms with Crippen LogP contribution in [0.4, 0.5) is 0 Å². The van der Waals surface area contributed by atoms with Gasteiger partial charge in [0, 0.05) is 17.4 Å². The van der Waals surface area contributed by atoms with E-state index in [0.717, 1.165) is 18.4 Å². The number of carbonyl (C=O) groups excluding carboxylic acids is 1. The summed E-state index contributed by atoms with van der Waals surface area (Å²) in [6.45, 7) is 7.99. The molecule has 2 aliphatic rings. The summed E-state index contributed by atoms with van der Waals surface area (Å²) in [6, 6.07) is 9.57. The van der Waals surface area contributed by atoms with Crippen LogP contribution in [0.1, 0.15) is 46.1 Å². The molecule has 2 N–H and O–H groups in total. The van der Waals surface area contributed by atoms with Crippen LogP contribution >= 0.6 is 0 Å². The zero-order valence-corrected chi connectivity index (χ0v) is 17.6. The van der Waals surface area contributed by atoms with Gasteiger partial charge in [-0.1, -0.05) is 63.3 Å². The Morgan fingerprint density at radius 2 is 1.93 bits per heavy atom. The predicted molar refractivity (Wildman–Crippen MR) is 112 cm³/mol. The van der Waals surface area contributed by atoms with Gasteiger partial charge in [0.1, 0.15) is 11.7 Å². The fourth-order valence-electron chi connectivity index (χ4n) is 5.20. The molecular formula is C24H32O5. The van der Waals surface area contributed by atoms with Crippen molar-refractivity contribution in [2.75, 3.05) is 0 Å². The molecule has 0 radical (unpaired) electrons. The van der Waals surface area contributed by atoms with Gasteiger partial charge >= 0.3 is 5.97 Å². The van der Waals surface area contributed by atoms with Gasteiger partial charge in [-0.05, 0) is 43.2 Å². The molecule has 1 saturated carbocycles. The van der Waals surface area contributed by atoms with Crippen LogP contribution in [0.25, 0.3) is 6.08 Å². The third-order valence-corrected chi connectivity index (χ3v) is 6.90. The molecule has 158 valence electrons. The third-order valence-electron chi connectivity index (χ3n) is 6.90. The summed E-state index contributed by atoms with van der Waals surface area (Å²) in [5.74, 6) is -0.426. The van der Waals surface area contributed by atoms with Crippen molar-refractivity contribution in [3.63, 3.8) is 0 Å². The van der Waals surface area contributed by atoms with E-state index >= 15 is 0 Å². The Labute approximate surface area is 173 Å². The zero-order chi connectivity index (χ0) is 21.2. The maximum Gasteiger partial charge on any atom is 0.331 e. The fourth-order valence-corrected chi connectivity index (χ4v) is 5.20. The zero-order valence-electron chi connectivity index (χ0n) is 17.6. The molecule has 0 bridgehead atoms. The van der Waals surface area contributed by atoms with E-state index < -0.39 is 29.2 Å². The van der Waals surface area contributed by atoms with E-state index in [9.17, 15) is 15.2 Å². The number of hydrogen-bond acceptors (Lipinski definition) is 5. The van der Waals surface area contributed by atoms with E-state index in [4.69, 9.17) is 9.62 Å². The molecule has 5 heteroatoms. The monoisotopic (exact) mass is 400 g/mol. The number of aliphatic hydroxyl groups is 1. The summed E-state index contributed by atoms with van der Waals surface area (Å²) < 4.78 is 6.01. The van der Waals surface area contributed by atoms with E-state index in [-0.39, 0.29) is 17.8 Å². The maximum absolute atomic E-state index is 12.7. The van der Waals surface area contributed by atoms with Gasteiger partial charge < -0.3 is 9.84 Å². The Hall–Kier alpha value is -1.95. The third kappa shape index (κ3) is 4.18. The minimum Gasteiger partial charge on any atom is -0.458 e. The molecule has 0 spiro atoms. The highest BCUT2D eigenvalue weighted by molar-refractivity contribution is 5.87. The number of benzene rings is 1. The molecular weight excluding hydrogens is 368 g/mol. The van der Waals surface area contributed by atoms with E-state index in [0.29, 0.717) is 0 Å². The van der Waals surface area contributed by atoms with Gasteiger partial charge in [-0.2, -0.15) is 0 Å². The van der Waals surface area contributed by atoms with Crippen LogP contribution in [0.5, 0.6) is 0 Å². The summed E-state index contributed by atoms with van der Waals surface area (Å²) in [7, 11) is 0. The molecule has 6 atom stereocenters. The smallest absolute Gasteiger partial charge is 0.331 e. The van der Waals surface area contributed by atoms with Gasteiger partial charge in [0.25, 0.3) is 0 Å². The number of carbonyl (C=O) groups is 1. The van der Waals surface area contributed by atoms with Crippen LogP contribution in [-0.2, 0) is 14.4 Å². The van der Waals surface area contributed by atoms with Crippen LogP contribution in [0.3, 0.4) is 0 Å². The Morgan fingerprint density at radius 1 is 1.24 bits per heavy atom. The number of hydrogen-bond donors (Lipinski definition) is 2. The highest BCUT2D eigenvalue weighted by Crippen LogP contribution is 2.56. The van der Waals surface area contributed by atoms with E-state index in [1.54, 1.807) is 25.2 Å². The highest BCUT2D eigenvalue weighted by atomic mass is 17.1. The number of fused-ring (bicyclic) bond motifs is 1. The molecule has 0 heterocycles. The molecule has 2 aliphatic carbocycles. The highest BCUT2D eigenvalue weighted by Gasteiger charge is 2.60. The largest absolute Gasteiger partial charge is 0.458 e. The van der Waals surface area contributed by atoms with Crippen molar-refractivity contribution in [2.24, 2.45) is 23.2 Å². The minimum atomic E-state index is -1.05. The molecule has 0 aliphatic heterocycles. The van der Waals surface area contributed by atoms with Crippen molar-refractivity contribution in [1.82, 2.24) is 0 Å². The molecule has 1 aromatic carbocycles. The van der Waals surface area contributed by atoms with E-state index in [1.807, 2.05) is 37.3 Å². The van der Waals surface area contributed by atoms with Crippen molar-refractivity contribution < 1.29 is 24.8 Å². The first-order chi connectivity index (χ1) is 13.7. The van der Waals surface area contributed by atoms with Crippen molar-refractivity contribution >= 4 is 12.0 Å². The maximum atomic E-state index is 12.7. The lowest BCUT2D eigenvalue weighted by atomic mass is 9.52. The van der Waals surface area contributed by atoms with Gasteiger partial charge in [0.05, 0.1) is 6.10 Å². The van der Waals surface area contributed by atoms with Crippen molar-refractivity contribution in [3.8, 4) is 0 Å². The lowest BCUT2D eigenvalue weighted by Crippen LogP contribution is -2.62. The Kier molecular flexibility index (Phi) is 6.32. The molecule has 1 aromatic rings. The van der Waals surface area contributed by atoms with Gasteiger partial charge in [0.2, 0.25) is 0 Å². The van der Waals surface area contributed by atoms with Crippen LogP contribution < -0.4 is 0 Å². The summed E-state index contributed by atoms with van der Waals surface area (Å²) >= 11 is 0. The van der Waals surface area contributed by atoms with Crippen molar-refractivity contribution in [1.29, 1.82) is 0 Å². The second-order valence-electron chi connectivity index (χ2n) is 9.15. The Bertz CT molecular complexity index is 771. The van der Waals surface area contributed by atoms with Gasteiger partial charge in [-0.15, -0.1) is 0 Å². The first kappa shape index (κ1) is 21.8. The lowest BCUT2D eigenvalue weighted by molar-refractivity contribution is -0.344. The fraction of sp³-hybridized carbons (Fsp3) is 0.542. The topological polar surface area (TPSA) is 76.0 Å². The van der Waals surface area contributed by atoms with Gasteiger partial charge in [0.15, 0.2) is 0 Å². The van der Waals surface area contributed by atoms with Gasteiger partial charge in [-0.25, -0.2) is 9.68 Å². The average Bonchev–Trinajstić information content (AvgIpc) is 2.70. The first-order valence-corrected chi connectivity index (χ1v) is 10.3. The normalized spacial score (nSPS) is 36.9. The first-order valence-electron chi connectivity index (χ1n) is 10.3. The molecule has 0 aromatic heterocycles. The second kappa shape index (κ2) is 8.42. The number of rotatable bonds is 5. The van der Waals surface area contributed by atoms with E-state index in [2.05, 4.69) is 13.8 Å². The lowest BCUT2D eigenvalue weighted by Gasteiger charge is -2.57. The molecule has 0 unspecified atom stereocenters. The number of esters is 1. The molecule has 5 nitrogen and oxygen atoms in total. The minimum absolute atomic E-state index is 0.107.